The Hall–Kier alpha value is -1.42. The van der Waals surface area contributed by atoms with Crippen molar-refractivity contribution in [2.75, 3.05) is 11.9 Å². The first-order valence-electron chi connectivity index (χ1n) is 7.03. The van der Waals surface area contributed by atoms with Gasteiger partial charge in [0, 0.05) is 28.6 Å². The summed E-state index contributed by atoms with van der Waals surface area (Å²) in [7, 11) is 0. The summed E-state index contributed by atoms with van der Waals surface area (Å²) < 4.78 is 1.08. The normalized spacial score (nSPS) is 10.6. The minimum absolute atomic E-state index is 0.838. The third kappa shape index (κ3) is 3.37. The SMILES string of the molecule is CCCNc1nc(CC)nc(-c2ccc(Br)cc2)c1C. The van der Waals surface area contributed by atoms with E-state index >= 15 is 0 Å². The monoisotopic (exact) mass is 333 g/mol. The Labute approximate surface area is 129 Å². The van der Waals surface area contributed by atoms with Gasteiger partial charge in [-0.2, -0.15) is 0 Å². The summed E-state index contributed by atoms with van der Waals surface area (Å²) in [5, 5.41) is 3.40. The first kappa shape index (κ1) is 15.0. The third-order valence-corrected chi connectivity index (χ3v) is 3.70. The van der Waals surface area contributed by atoms with E-state index < -0.39 is 0 Å². The molecule has 2 aromatic rings. The van der Waals surface area contributed by atoms with Crippen LogP contribution in [0, 0.1) is 6.92 Å². The lowest BCUT2D eigenvalue weighted by molar-refractivity contribution is 0.911. The molecule has 106 valence electrons. The molecule has 0 aliphatic heterocycles. The Balaban J connectivity index is 2.48. The van der Waals surface area contributed by atoms with Gasteiger partial charge in [-0.3, -0.25) is 0 Å². The highest BCUT2D eigenvalue weighted by Gasteiger charge is 2.11. The lowest BCUT2D eigenvalue weighted by Crippen LogP contribution is -2.08. The average Bonchev–Trinajstić information content (AvgIpc) is 2.47. The molecular formula is C16H20BrN3. The Morgan fingerprint density at radius 1 is 1.10 bits per heavy atom. The number of nitrogens with one attached hydrogen (secondary N) is 1. The van der Waals surface area contributed by atoms with Crippen LogP contribution in [-0.2, 0) is 6.42 Å². The second-order valence-corrected chi connectivity index (χ2v) is 5.66. The van der Waals surface area contributed by atoms with Crippen LogP contribution in [0.1, 0.15) is 31.7 Å². The molecular weight excluding hydrogens is 314 g/mol. The van der Waals surface area contributed by atoms with Gasteiger partial charge in [0.1, 0.15) is 11.6 Å². The van der Waals surface area contributed by atoms with Crippen LogP contribution in [0.25, 0.3) is 11.3 Å². The molecule has 0 saturated heterocycles. The van der Waals surface area contributed by atoms with E-state index in [4.69, 9.17) is 4.98 Å². The Bertz CT molecular complexity index is 579. The number of halogens is 1. The standard InChI is InChI=1S/C16H20BrN3/c1-4-10-18-16-11(3)15(19-14(5-2)20-16)12-6-8-13(17)9-7-12/h6-9H,4-5,10H2,1-3H3,(H,18,19,20). The van der Waals surface area contributed by atoms with E-state index in [0.29, 0.717) is 0 Å². The van der Waals surface area contributed by atoms with Crippen LogP contribution in [0.15, 0.2) is 28.7 Å². The van der Waals surface area contributed by atoms with Gasteiger partial charge in [-0.25, -0.2) is 9.97 Å². The molecule has 1 aromatic heterocycles. The molecule has 0 unspecified atom stereocenters. The van der Waals surface area contributed by atoms with Crippen LogP contribution in [0.5, 0.6) is 0 Å². The van der Waals surface area contributed by atoms with Crippen molar-refractivity contribution in [2.24, 2.45) is 0 Å². The van der Waals surface area contributed by atoms with Crippen molar-refractivity contribution >= 4 is 21.7 Å². The second-order valence-electron chi connectivity index (χ2n) is 4.75. The maximum atomic E-state index is 4.69. The highest BCUT2D eigenvalue weighted by Crippen LogP contribution is 2.27. The van der Waals surface area contributed by atoms with E-state index in [2.05, 4.69) is 59.1 Å². The number of hydrogen-bond donors (Lipinski definition) is 1. The lowest BCUT2D eigenvalue weighted by atomic mass is 10.1. The maximum absolute atomic E-state index is 4.69. The summed E-state index contributed by atoms with van der Waals surface area (Å²) >= 11 is 3.47. The van der Waals surface area contributed by atoms with Crippen LogP contribution in [-0.4, -0.2) is 16.5 Å². The molecule has 4 heteroatoms. The fourth-order valence-electron chi connectivity index (χ4n) is 2.03. The zero-order valence-electron chi connectivity index (χ0n) is 12.2. The molecule has 0 fully saturated rings. The van der Waals surface area contributed by atoms with E-state index in [1.54, 1.807) is 0 Å². The van der Waals surface area contributed by atoms with Crippen molar-refractivity contribution in [2.45, 2.75) is 33.6 Å². The van der Waals surface area contributed by atoms with E-state index in [1.165, 1.54) is 0 Å². The minimum atomic E-state index is 0.838. The summed E-state index contributed by atoms with van der Waals surface area (Å²) in [5.41, 5.74) is 3.25. The van der Waals surface area contributed by atoms with Gasteiger partial charge in [0.2, 0.25) is 0 Å². The van der Waals surface area contributed by atoms with Crippen LogP contribution >= 0.6 is 15.9 Å². The zero-order chi connectivity index (χ0) is 14.5. The smallest absolute Gasteiger partial charge is 0.133 e. The number of rotatable bonds is 5. The Morgan fingerprint density at radius 2 is 1.80 bits per heavy atom. The molecule has 0 aliphatic carbocycles. The number of benzene rings is 1. The number of hydrogen-bond acceptors (Lipinski definition) is 3. The molecule has 0 saturated carbocycles. The average molecular weight is 334 g/mol. The minimum Gasteiger partial charge on any atom is -0.370 e. The van der Waals surface area contributed by atoms with Crippen LogP contribution in [0.4, 0.5) is 5.82 Å². The van der Waals surface area contributed by atoms with E-state index in [9.17, 15) is 0 Å². The first-order chi connectivity index (χ1) is 9.65. The van der Waals surface area contributed by atoms with Crippen molar-refractivity contribution in [1.82, 2.24) is 9.97 Å². The molecule has 0 aliphatic rings. The molecule has 0 bridgehead atoms. The van der Waals surface area contributed by atoms with Gasteiger partial charge in [-0.05, 0) is 25.5 Å². The van der Waals surface area contributed by atoms with Crippen LogP contribution in [0.2, 0.25) is 0 Å². The number of anilines is 1. The maximum Gasteiger partial charge on any atom is 0.133 e. The lowest BCUT2D eigenvalue weighted by Gasteiger charge is -2.13. The molecule has 2 rings (SSSR count). The van der Waals surface area contributed by atoms with Gasteiger partial charge in [0.05, 0.1) is 5.69 Å². The summed E-state index contributed by atoms with van der Waals surface area (Å²) in [6, 6.07) is 8.26. The highest BCUT2D eigenvalue weighted by molar-refractivity contribution is 9.10. The van der Waals surface area contributed by atoms with Gasteiger partial charge in [0.25, 0.3) is 0 Å². The summed E-state index contributed by atoms with van der Waals surface area (Å²) in [5.74, 6) is 1.84. The van der Waals surface area contributed by atoms with E-state index in [0.717, 1.165) is 52.3 Å². The van der Waals surface area contributed by atoms with E-state index in [1.807, 2.05) is 12.1 Å². The largest absolute Gasteiger partial charge is 0.370 e. The summed E-state index contributed by atoms with van der Waals surface area (Å²) in [6.07, 6.45) is 1.92. The van der Waals surface area contributed by atoms with Crippen LogP contribution < -0.4 is 5.32 Å². The predicted molar refractivity (Wildman–Crippen MR) is 88.1 cm³/mol. The third-order valence-electron chi connectivity index (χ3n) is 3.17. The van der Waals surface area contributed by atoms with Crippen molar-refractivity contribution in [1.29, 1.82) is 0 Å². The molecule has 20 heavy (non-hydrogen) atoms. The van der Waals surface area contributed by atoms with Crippen molar-refractivity contribution in [3.05, 3.63) is 40.1 Å². The second kappa shape index (κ2) is 6.84. The van der Waals surface area contributed by atoms with Crippen molar-refractivity contribution in [3.63, 3.8) is 0 Å². The van der Waals surface area contributed by atoms with Gasteiger partial charge >= 0.3 is 0 Å². The fourth-order valence-corrected chi connectivity index (χ4v) is 2.29. The molecule has 0 radical (unpaired) electrons. The fraction of sp³-hybridized carbons (Fsp3) is 0.375. The van der Waals surface area contributed by atoms with Gasteiger partial charge in [-0.1, -0.05) is 41.9 Å². The number of aromatic nitrogens is 2. The molecule has 1 aromatic carbocycles. The highest BCUT2D eigenvalue weighted by atomic mass is 79.9. The molecule has 0 spiro atoms. The van der Waals surface area contributed by atoms with Gasteiger partial charge in [0.15, 0.2) is 0 Å². The Kier molecular flexibility index (Phi) is 5.12. The molecule has 3 nitrogen and oxygen atoms in total. The predicted octanol–water partition coefficient (Wildman–Crippen LogP) is 4.60. The molecule has 0 amide bonds. The van der Waals surface area contributed by atoms with Gasteiger partial charge < -0.3 is 5.32 Å². The quantitative estimate of drug-likeness (QED) is 0.868. The summed E-state index contributed by atoms with van der Waals surface area (Å²) in [6.45, 7) is 7.25. The first-order valence-corrected chi connectivity index (χ1v) is 7.82. The molecule has 1 heterocycles. The Morgan fingerprint density at radius 3 is 2.40 bits per heavy atom. The topological polar surface area (TPSA) is 37.8 Å². The number of nitrogens with zero attached hydrogens (tertiary/aromatic N) is 2. The molecule has 0 atom stereocenters. The number of aryl methyl sites for hydroxylation is 1. The van der Waals surface area contributed by atoms with Crippen molar-refractivity contribution < 1.29 is 0 Å². The zero-order valence-corrected chi connectivity index (χ0v) is 13.8. The van der Waals surface area contributed by atoms with Gasteiger partial charge in [-0.15, -0.1) is 0 Å². The molecule has 1 N–H and O–H groups in total. The van der Waals surface area contributed by atoms with Crippen LogP contribution in [0.3, 0.4) is 0 Å². The summed E-state index contributed by atoms with van der Waals surface area (Å²) in [4.78, 5) is 9.29. The van der Waals surface area contributed by atoms with Crippen molar-refractivity contribution in [3.8, 4) is 11.3 Å². The van der Waals surface area contributed by atoms with E-state index in [-0.39, 0.29) is 0 Å².